The van der Waals surface area contributed by atoms with Crippen LogP contribution in [-0.4, -0.2) is 156 Å². The average molecular weight is 909 g/mol. The Hall–Kier alpha value is -4.83. The van der Waals surface area contributed by atoms with Gasteiger partial charge in [-0.1, -0.05) is 12.1 Å². The van der Waals surface area contributed by atoms with E-state index in [4.69, 9.17) is 4.74 Å². The molecule has 7 fully saturated rings. The largest absolute Gasteiger partial charge is 0.462 e. The van der Waals surface area contributed by atoms with Crippen LogP contribution in [0.4, 0.5) is 17.5 Å². The Morgan fingerprint density at radius 3 is 1.95 bits per heavy atom. The fourth-order valence-corrected chi connectivity index (χ4v) is 11.5. The van der Waals surface area contributed by atoms with E-state index in [2.05, 4.69) is 62.6 Å². The Kier molecular flexibility index (Phi) is 15.0. The van der Waals surface area contributed by atoms with Crippen molar-refractivity contribution in [1.82, 2.24) is 34.9 Å². The van der Waals surface area contributed by atoms with E-state index < -0.39 is 5.97 Å². The van der Waals surface area contributed by atoms with Crippen LogP contribution in [0.1, 0.15) is 125 Å². The summed E-state index contributed by atoms with van der Waals surface area (Å²) in [5, 5.41) is 9.37. The van der Waals surface area contributed by atoms with Crippen LogP contribution in [0.5, 0.6) is 0 Å². The number of rotatable bonds is 14. The first kappa shape index (κ1) is 46.3. The van der Waals surface area contributed by atoms with Gasteiger partial charge in [0.15, 0.2) is 0 Å². The molecule has 4 saturated heterocycles. The standard InChI is InChI=1S/C50H72N10O6/c1-2-66-49(65)43-33-51-50(53-39-9-10-39)55-45(43)52-38-11-15-41(16-12-38)58-29-31-60(32-30-58)48(64)37-5-3-36(4-6-37)47(63)59-23-20-34(21-24-59)19-22-56-25-27-57(28-26-56)40-13-7-35(8-14-40)42-17-18-44(61)54-46(42)62/h7-8,13-14,33-34,36-39,41-42H,2-6,9-12,15-32H2,1H3,(H,54,61,62)(H2,51,52,53,55). The third kappa shape index (κ3) is 11.5. The van der Waals surface area contributed by atoms with Crippen molar-refractivity contribution < 1.29 is 28.7 Å². The zero-order chi connectivity index (χ0) is 45.6. The molecule has 4 aliphatic heterocycles. The summed E-state index contributed by atoms with van der Waals surface area (Å²) in [7, 11) is 0. The molecule has 3 saturated carbocycles. The molecule has 3 aliphatic carbocycles. The third-order valence-corrected chi connectivity index (χ3v) is 15.9. The van der Waals surface area contributed by atoms with Gasteiger partial charge in [-0.3, -0.25) is 34.3 Å². The highest BCUT2D eigenvalue weighted by atomic mass is 16.5. The summed E-state index contributed by atoms with van der Waals surface area (Å²) >= 11 is 0. The lowest BCUT2D eigenvalue weighted by atomic mass is 9.80. The molecule has 1 unspecified atom stereocenters. The van der Waals surface area contributed by atoms with Gasteiger partial charge in [-0.15, -0.1) is 0 Å². The summed E-state index contributed by atoms with van der Waals surface area (Å²) < 4.78 is 5.29. The Morgan fingerprint density at radius 2 is 1.33 bits per heavy atom. The first-order chi connectivity index (χ1) is 32.2. The molecule has 0 radical (unpaired) electrons. The molecule has 1 atom stereocenters. The van der Waals surface area contributed by atoms with Crippen molar-refractivity contribution in [3.05, 3.63) is 41.6 Å². The summed E-state index contributed by atoms with van der Waals surface area (Å²) in [4.78, 5) is 84.8. The molecule has 1 aromatic carbocycles. The summed E-state index contributed by atoms with van der Waals surface area (Å²) in [5.74, 6) is 1.40. The first-order valence-electron chi connectivity index (χ1n) is 25.5. The molecular weight excluding hydrogens is 837 g/mol. The van der Waals surface area contributed by atoms with Gasteiger partial charge in [-0.25, -0.2) is 9.78 Å². The number of ether oxygens (including phenoxy) is 1. The molecular formula is C50H72N10O6. The number of aromatic nitrogens is 2. The predicted molar refractivity (Wildman–Crippen MR) is 252 cm³/mol. The molecule has 16 heteroatoms. The van der Waals surface area contributed by atoms with Gasteiger partial charge in [0.1, 0.15) is 11.4 Å². The Bertz CT molecular complexity index is 2010. The van der Waals surface area contributed by atoms with Gasteiger partial charge in [0.25, 0.3) is 0 Å². The topological polar surface area (TPSA) is 173 Å². The molecule has 1 aromatic heterocycles. The lowest BCUT2D eigenvalue weighted by molar-refractivity contribution is -0.143. The number of piperazine rings is 2. The zero-order valence-electron chi connectivity index (χ0n) is 39.1. The van der Waals surface area contributed by atoms with Crippen LogP contribution in [0.2, 0.25) is 0 Å². The number of amides is 4. The van der Waals surface area contributed by atoms with Crippen LogP contribution in [0.3, 0.4) is 0 Å². The number of nitrogens with one attached hydrogen (secondary N) is 3. The second kappa shape index (κ2) is 21.4. The molecule has 16 nitrogen and oxygen atoms in total. The normalized spacial score (nSPS) is 27.3. The quantitative estimate of drug-likeness (QED) is 0.173. The minimum Gasteiger partial charge on any atom is -0.462 e. The Labute approximate surface area is 390 Å². The number of esters is 1. The zero-order valence-corrected chi connectivity index (χ0v) is 39.1. The van der Waals surface area contributed by atoms with E-state index in [1.54, 1.807) is 13.1 Å². The van der Waals surface area contributed by atoms with Gasteiger partial charge in [0, 0.05) is 114 Å². The summed E-state index contributed by atoms with van der Waals surface area (Å²) in [6.45, 7) is 12.3. The van der Waals surface area contributed by atoms with Crippen LogP contribution in [0.25, 0.3) is 0 Å². The Balaban J connectivity index is 0.636. The highest BCUT2D eigenvalue weighted by molar-refractivity contribution is 6.01. The van der Waals surface area contributed by atoms with Crippen molar-refractivity contribution in [2.24, 2.45) is 17.8 Å². The average Bonchev–Trinajstić information content (AvgIpc) is 4.18. The predicted octanol–water partition coefficient (Wildman–Crippen LogP) is 4.87. The van der Waals surface area contributed by atoms with E-state index in [1.165, 1.54) is 12.1 Å². The van der Waals surface area contributed by atoms with E-state index in [9.17, 15) is 24.0 Å². The highest BCUT2D eigenvalue weighted by Gasteiger charge is 2.37. The SMILES string of the molecule is CCOC(=O)c1cnc(NC2CC2)nc1NC1CCC(N2CCN(C(=O)C3CCC(C(=O)N4CCC(CCN5CCN(c6ccc(C7CCC(=O)NC7=O)cc6)CC5)CC4)CC3)CC2)CC1. The minimum atomic E-state index is -0.404. The van der Waals surface area contributed by atoms with Crippen LogP contribution in [0.15, 0.2) is 30.5 Å². The smallest absolute Gasteiger partial charge is 0.343 e. The molecule has 66 heavy (non-hydrogen) atoms. The van der Waals surface area contributed by atoms with Crippen molar-refractivity contribution in [1.29, 1.82) is 0 Å². The lowest BCUT2D eigenvalue weighted by Crippen LogP contribution is -2.54. The van der Waals surface area contributed by atoms with E-state index >= 15 is 0 Å². The number of hydrogen-bond acceptors (Lipinski definition) is 13. The third-order valence-electron chi connectivity index (χ3n) is 15.9. The first-order valence-corrected chi connectivity index (χ1v) is 25.5. The van der Waals surface area contributed by atoms with E-state index in [1.807, 2.05) is 12.1 Å². The van der Waals surface area contributed by atoms with Crippen molar-refractivity contribution in [2.75, 3.05) is 94.1 Å². The molecule has 4 amide bonds. The second-order valence-corrected chi connectivity index (χ2v) is 20.1. The van der Waals surface area contributed by atoms with Gasteiger partial charge >= 0.3 is 5.97 Å². The molecule has 358 valence electrons. The molecule has 2 aromatic rings. The van der Waals surface area contributed by atoms with Crippen LogP contribution in [-0.2, 0) is 23.9 Å². The van der Waals surface area contributed by atoms with E-state index in [0.29, 0.717) is 60.7 Å². The highest BCUT2D eigenvalue weighted by Crippen LogP contribution is 2.35. The summed E-state index contributed by atoms with van der Waals surface area (Å²) in [5.41, 5.74) is 2.53. The number of carbonyl (C=O) groups is 5. The molecule has 9 rings (SSSR count). The second-order valence-electron chi connectivity index (χ2n) is 20.1. The van der Waals surface area contributed by atoms with Gasteiger partial charge in [0.05, 0.1) is 12.5 Å². The monoisotopic (exact) mass is 909 g/mol. The number of benzene rings is 1. The number of likely N-dealkylation sites (tertiary alicyclic amines) is 1. The van der Waals surface area contributed by atoms with Crippen molar-refractivity contribution in [2.45, 2.75) is 127 Å². The van der Waals surface area contributed by atoms with Crippen LogP contribution in [0, 0.1) is 17.8 Å². The summed E-state index contributed by atoms with van der Waals surface area (Å²) in [6.07, 6.45) is 15.4. The van der Waals surface area contributed by atoms with Gasteiger partial charge in [0.2, 0.25) is 29.6 Å². The van der Waals surface area contributed by atoms with Gasteiger partial charge in [-0.05, 0) is 127 Å². The number of nitrogens with zero attached hydrogens (tertiary/aromatic N) is 7. The van der Waals surface area contributed by atoms with E-state index in [-0.39, 0.29) is 41.5 Å². The summed E-state index contributed by atoms with van der Waals surface area (Å²) in [6, 6.07) is 9.43. The van der Waals surface area contributed by atoms with Gasteiger partial charge in [-0.2, -0.15) is 4.98 Å². The van der Waals surface area contributed by atoms with Crippen LogP contribution >= 0.6 is 0 Å². The lowest BCUT2D eigenvalue weighted by Gasteiger charge is -2.43. The van der Waals surface area contributed by atoms with E-state index in [0.717, 1.165) is 155 Å². The maximum atomic E-state index is 13.7. The number of carbonyl (C=O) groups excluding carboxylic acids is 5. The van der Waals surface area contributed by atoms with Crippen molar-refractivity contribution in [3.8, 4) is 0 Å². The molecule has 0 bridgehead atoms. The number of imide groups is 1. The number of hydrogen-bond donors (Lipinski definition) is 3. The van der Waals surface area contributed by atoms with Gasteiger partial charge < -0.3 is 30.1 Å². The maximum absolute atomic E-state index is 13.7. The van der Waals surface area contributed by atoms with Crippen molar-refractivity contribution >= 4 is 47.1 Å². The molecule has 5 heterocycles. The number of anilines is 3. The minimum absolute atomic E-state index is 0.0292. The van der Waals surface area contributed by atoms with Crippen molar-refractivity contribution in [3.63, 3.8) is 0 Å². The van der Waals surface area contributed by atoms with Crippen LogP contribution < -0.4 is 20.9 Å². The molecule has 0 spiro atoms. The fraction of sp³-hybridized carbons (Fsp3) is 0.700. The number of piperidine rings is 2. The fourth-order valence-electron chi connectivity index (χ4n) is 11.5. The molecule has 3 N–H and O–H groups in total. The molecule has 7 aliphatic rings. The Morgan fingerprint density at radius 1 is 0.712 bits per heavy atom. The maximum Gasteiger partial charge on any atom is 0.343 e.